The van der Waals surface area contributed by atoms with Gasteiger partial charge in [0.15, 0.2) is 0 Å². The zero-order valence-electron chi connectivity index (χ0n) is 13.3. The molecular formula is C15H17N7O2. The van der Waals surface area contributed by atoms with Gasteiger partial charge in [-0.15, -0.1) is 5.10 Å². The van der Waals surface area contributed by atoms with E-state index >= 15 is 0 Å². The van der Waals surface area contributed by atoms with Crippen molar-refractivity contribution in [3.63, 3.8) is 0 Å². The quantitative estimate of drug-likeness (QED) is 0.762. The smallest absolute Gasteiger partial charge is 0.293 e. The van der Waals surface area contributed by atoms with Crippen LogP contribution in [-0.2, 0) is 11.8 Å². The van der Waals surface area contributed by atoms with Gasteiger partial charge in [-0.3, -0.25) is 14.3 Å². The van der Waals surface area contributed by atoms with Gasteiger partial charge in [0.05, 0.1) is 18.1 Å². The zero-order chi connectivity index (χ0) is 16.7. The Hall–Kier alpha value is -2.84. The molecule has 9 heteroatoms. The van der Waals surface area contributed by atoms with Gasteiger partial charge in [0.25, 0.3) is 5.91 Å². The lowest BCUT2D eigenvalue weighted by atomic mass is 9.86. The summed E-state index contributed by atoms with van der Waals surface area (Å²) in [5, 5.41) is 4.07. The number of anilines is 1. The molecule has 0 aliphatic carbocycles. The molecule has 2 amide bonds. The minimum absolute atomic E-state index is 0.0510. The highest BCUT2D eigenvalue weighted by molar-refractivity contribution is 5.96. The minimum Gasteiger partial charge on any atom is -0.335 e. The van der Waals surface area contributed by atoms with E-state index in [4.69, 9.17) is 0 Å². The summed E-state index contributed by atoms with van der Waals surface area (Å²) in [5.41, 5.74) is 0.493. The summed E-state index contributed by atoms with van der Waals surface area (Å²) in [5.74, 6) is 0.0728. The molecule has 0 bridgehead atoms. The molecule has 2 aliphatic heterocycles. The van der Waals surface area contributed by atoms with Gasteiger partial charge in [-0.2, -0.15) is 0 Å². The van der Waals surface area contributed by atoms with Crippen molar-refractivity contribution in [1.29, 1.82) is 0 Å². The van der Waals surface area contributed by atoms with E-state index in [2.05, 4.69) is 20.1 Å². The van der Waals surface area contributed by atoms with Crippen molar-refractivity contribution < 1.29 is 9.59 Å². The fourth-order valence-corrected chi connectivity index (χ4v) is 3.52. The molecule has 0 aromatic carbocycles. The first-order valence-electron chi connectivity index (χ1n) is 7.77. The first-order chi connectivity index (χ1) is 11.6. The second-order valence-electron chi connectivity index (χ2n) is 6.47. The monoisotopic (exact) mass is 327 g/mol. The second-order valence-corrected chi connectivity index (χ2v) is 6.47. The van der Waals surface area contributed by atoms with Crippen LogP contribution in [0.2, 0.25) is 0 Å². The number of carbonyl (C=O) groups excluding carboxylic acids is 2. The maximum Gasteiger partial charge on any atom is 0.293 e. The Morgan fingerprint density at radius 1 is 1.25 bits per heavy atom. The summed E-state index contributed by atoms with van der Waals surface area (Å²) in [4.78, 5) is 40.4. The van der Waals surface area contributed by atoms with Crippen molar-refractivity contribution >= 4 is 17.5 Å². The molecule has 2 fully saturated rings. The Morgan fingerprint density at radius 3 is 2.75 bits per heavy atom. The molecule has 2 aromatic heterocycles. The summed E-state index contributed by atoms with van der Waals surface area (Å²) in [7, 11) is 1.73. The van der Waals surface area contributed by atoms with Gasteiger partial charge in [-0.1, -0.05) is 0 Å². The van der Waals surface area contributed by atoms with Crippen LogP contribution in [0, 0.1) is 5.41 Å². The third kappa shape index (κ3) is 2.41. The second kappa shape index (κ2) is 5.36. The molecular weight excluding hydrogens is 310 g/mol. The lowest BCUT2D eigenvalue weighted by molar-refractivity contribution is -0.117. The van der Waals surface area contributed by atoms with Crippen LogP contribution in [0.15, 0.2) is 25.0 Å². The molecule has 4 rings (SSSR count). The normalized spacial score (nSPS) is 23.5. The molecule has 1 spiro atoms. The number of likely N-dealkylation sites (tertiary alicyclic amines) is 1. The maximum absolute atomic E-state index is 12.5. The van der Waals surface area contributed by atoms with E-state index in [1.165, 1.54) is 17.3 Å². The van der Waals surface area contributed by atoms with Crippen LogP contribution in [0.3, 0.4) is 0 Å². The van der Waals surface area contributed by atoms with Gasteiger partial charge >= 0.3 is 0 Å². The van der Waals surface area contributed by atoms with Gasteiger partial charge in [-0.25, -0.2) is 15.0 Å². The van der Waals surface area contributed by atoms with Gasteiger partial charge in [0.2, 0.25) is 11.7 Å². The lowest BCUT2D eigenvalue weighted by Crippen LogP contribution is -2.34. The Labute approximate surface area is 138 Å². The molecule has 2 aromatic rings. The molecule has 1 unspecified atom stereocenters. The molecule has 0 saturated carbocycles. The van der Waals surface area contributed by atoms with Crippen molar-refractivity contribution in [3.8, 4) is 0 Å². The number of carbonyl (C=O) groups is 2. The highest BCUT2D eigenvalue weighted by Crippen LogP contribution is 2.41. The van der Waals surface area contributed by atoms with Crippen molar-refractivity contribution in [2.75, 3.05) is 24.5 Å². The van der Waals surface area contributed by atoms with Gasteiger partial charge < -0.3 is 9.80 Å². The first kappa shape index (κ1) is 14.7. The average Bonchev–Trinajstić information content (AvgIpc) is 3.28. The molecule has 124 valence electrons. The maximum atomic E-state index is 12.5. The minimum atomic E-state index is -0.211. The van der Waals surface area contributed by atoms with Crippen LogP contribution in [0.1, 0.15) is 23.5 Å². The van der Waals surface area contributed by atoms with Gasteiger partial charge in [0, 0.05) is 38.5 Å². The number of aryl methyl sites for hydroxylation is 1. The molecule has 4 heterocycles. The van der Waals surface area contributed by atoms with Gasteiger partial charge in [-0.05, 0) is 6.42 Å². The Bertz CT molecular complexity index is 790. The lowest BCUT2D eigenvalue weighted by Gasteiger charge is -2.23. The first-order valence-corrected chi connectivity index (χ1v) is 7.77. The molecule has 2 aliphatic rings. The van der Waals surface area contributed by atoms with E-state index in [0.717, 1.165) is 6.42 Å². The third-order valence-corrected chi connectivity index (χ3v) is 4.70. The SMILES string of the molecule is Cn1cnc(C(=O)N2CCC3(CC(=O)N(c4cncnc4)C3)C2)n1. The molecule has 0 N–H and O–H groups in total. The topological polar surface area (TPSA) is 97.1 Å². The Balaban J connectivity index is 1.50. The number of amides is 2. The summed E-state index contributed by atoms with van der Waals surface area (Å²) in [6.45, 7) is 1.74. The van der Waals surface area contributed by atoms with Crippen LogP contribution in [0.25, 0.3) is 0 Å². The molecule has 9 nitrogen and oxygen atoms in total. The fraction of sp³-hybridized carbons (Fsp3) is 0.467. The summed E-state index contributed by atoms with van der Waals surface area (Å²) >= 11 is 0. The standard InChI is InChI=1S/C15H17N7O2/c1-20-10-18-13(19-20)14(24)21-3-2-15(7-21)4-12(23)22(8-15)11-5-16-9-17-6-11/h5-6,9-10H,2-4,7-8H2,1H3. The van der Waals surface area contributed by atoms with Crippen LogP contribution < -0.4 is 4.90 Å². The summed E-state index contributed by atoms with van der Waals surface area (Å²) in [6, 6.07) is 0. The van der Waals surface area contributed by atoms with Crippen LogP contribution in [0.4, 0.5) is 5.69 Å². The van der Waals surface area contributed by atoms with Crippen LogP contribution in [0.5, 0.6) is 0 Å². The van der Waals surface area contributed by atoms with E-state index in [9.17, 15) is 9.59 Å². The molecule has 1 atom stereocenters. The van der Waals surface area contributed by atoms with Crippen LogP contribution in [-0.4, -0.2) is 61.1 Å². The predicted molar refractivity (Wildman–Crippen MR) is 83.0 cm³/mol. The molecule has 2 saturated heterocycles. The largest absolute Gasteiger partial charge is 0.335 e. The molecule has 0 radical (unpaired) electrons. The van der Waals surface area contributed by atoms with E-state index in [1.54, 1.807) is 29.2 Å². The third-order valence-electron chi connectivity index (χ3n) is 4.70. The van der Waals surface area contributed by atoms with E-state index in [1.807, 2.05) is 0 Å². The van der Waals surface area contributed by atoms with E-state index in [0.29, 0.717) is 31.7 Å². The number of aromatic nitrogens is 5. The highest BCUT2D eigenvalue weighted by Gasteiger charge is 2.49. The van der Waals surface area contributed by atoms with E-state index in [-0.39, 0.29) is 23.1 Å². The van der Waals surface area contributed by atoms with Crippen molar-refractivity contribution in [1.82, 2.24) is 29.6 Å². The van der Waals surface area contributed by atoms with E-state index < -0.39 is 0 Å². The zero-order valence-corrected chi connectivity index (χ0v) is 13.3. The van der Waals surface area contributed by atoms with Crippen molar-refractivity contribution in [3.05, 3.63) is 30.9 Å². The van der Waals surface area contributed by atoms with Crippen LogP contribution >= 0.6 is 0 Å². The van der Waals surface area contributed by atoms with Gasteiger partial charge in [0.1, 0.15) is 12.7 Å². The van der Waals surface area contributed by atoms with Crippen molar-refractivity contribution in [2.45, 2.75) is 12.8 Å². The average molecular weight is 327 g/mol. The Kier molecular flexibility index (Phi) is 3.29. The highest BCUT2D eigenvalue weighted by atomic mass is 16.2. The summed E-state index contributed by atoms with van der Waals surface area (Å²) < 4.78 is 1.51. The summed E-state index contributed by atoms with van der Waals surface area (Å²) in [6.07, 6.45) is 7.45. The number of hydrogen-bond donors (Lipinski definition) is 0. The van der Waals surface area contributed by atoms with Crippen molar-refractivity contribution in [2.24, 2.45) is 12.5 Å². The Morgan fingerprint density at radius 2 is 2.04 bits per heavy atom. The number of rotatable bonds is 2. The predicted octanol–water partition coefficient (Wildman–Crippen LogP) is -0.126. The number of nitrogens with zero attached hydrogens (tertiary/aromatic N) is 7. The fourth-order valence-electron chi connectivity index (χ4n) is 3.52. The molecule has 24 heavy (non-hydrogen) atoms. The number of hydrogen-bond acceptors (Lipinski definition) is 6.